The Morgan fingerprint density at radius 2 is 2.17 bits per heavy atom. The first-order chi connectivity index (χ1) is 10.8. The van der Waals surface area contributed by atoms with E-state index in [1.165, 1.54) is 0 Å². The Morgan fingerprint density at radius 1 is 1.43 bits per heavy atom. The van der Waals surface area contributed by atoms with Gasteiger partial charge in [0.1, 0.15) is 0 Å². The molecule has 0 aliphatic carbocycles. The van der Waals surface area contributed by atoms with E-state index in [4.69, 9.17) is 9.16 Å². The second-order valence-electron chi connectivity index (χ2n) is 7.89. The molecule has 2 rings (SSSR count). The summed E-state index contributed by atoms with van der Waals surface area (Å²) in [5, 5.41) is 10.3. The molecule has 0 aromatic carbocycles. The highest BCUT2D eigenvalue weighted by molar-refractivity contribution is 6.48. The van der Waals surface area contributed by atoms with Gasteiger partial charge < -0.3 is 14.3 Å². The lowest BCUT2D eigenvalue weighted by Crippen LogP contribution is -2.34. The van der Waals surface area contributed by atoms with E-state index in [2.05, 4.69) is 38.8 Å². The molecule has 4 unspecified atom stereocenters. The van der Waals surface area contributed by atoms with Crippen LogP contribution in [0.15, 0.2) is 24.5 Å². The van der Waals surface area contributed by atoms with Gasteiger partial charge in [0.25, 0.3) is 0 Å². The number of hydrogen-bond acceptors (Lipinski definition) is 4. The number of hydrogen-bond donors (Lipinski definition) is 1. The molecule has 0 amide bonds. The second-order valence-corrected chi connectivity index (χ2v) is 10.3. The van der Waals surface area contributed by atoms with E-state index < -0.39 is 15.1 Å². The zero-order valence-electron chi connectivity index (χ0n) is 15.0. The van der Waals surface area contributed by atoms with E-state index in [-0.39, 0.29) is 23.5 Å². The van der Waals surface area contributed by atoms with Gasteiger partial charge in [0.15, 0.2) is 9.04 Å². The van der Waals surface area contributed by atoms with Crippen molar-refractivity contribution in [2.75, 3.05) is 6.61 Å². The standard InChI is InChI=1S/C18H31NO3Si/c1-18(2,3)16(22-23(4)5)9-8-14-15(20)12-21-17(14)13-7-6-10-19-11-13/h6-7,10-11,14-17,20,23H,8-9,12H2,1-5H3. The van der Waals surface area contributed by atoms with Crippen LogP contribution in [0.2, 0.25) is 13.1 Å². The molecule has 130 valence electrons. The third kappa shape index (κ3) is 5.11. The van der Waals surface area contributed by atoms with E-state index in [9.17, 15) is 5.11 Å². The number of aliphatic hydroxyl groups is 1. The van der Waals surface area contributed by atoms with Crippen molar-refractivity contribution in [2.45, 2.75) is 65.0 Å². The van der Waals surface area contributed by atoms with E-state index in [1.807, 2.05) is 18.3 Å². The molecule has 1 aliphatic rings. The minimum atomic E-state index is -1.09. The molecule has 1 aromatic heterocycles. The van der Waals surface area contributed by atoms with Crippen LogP contribution in [0.5, 0.6) is 0 Å². The zero-order valence-corrected chi connectivity index (χ0v) is 16.2. The van der Waals surface area contributed by atoms with Gasteiger partial charge in [-0.05, 0) is 43.0 Å². The molecule has 0 spiro atoms. The molecular formula is C18H31NO3Si. The van der Waals surface area contributed by atoms with E-state index >= 15 is 0 Å². The molecule has 1 aliphatic heterocycles. The van der Waals surface area contributed by atoms with Gasteiger partial charge in [-0.25, -0.2) is 0 Å². The molecule has 2 heterocycles. The van der Waals surface area contributed by atoms with Crippen LogP contribution >= 0.6 is 0 Å². The number of pyridine rings is 1. The third-order valence-electron chi connectivity index (χ3n) is 4.51. The largest absolute Gasteiger partial charge is 0.417 e. The van der Waals surface area contributed by atoms with Gasteiger partial charge in [0, 0.05) is 24.4 Å². The first-order valence-electron chi connectivity index (χ1n) is 8.64. The maximum Gasteiger partial charge on any atom is 0.171 e. The lowest BCUT2D eigenvalue weighted by molar-refractivity contribution is 0.0538. The molecule has 0 radical (unpaired) electrons. The molecule has 0 saturated carbocycles. The van der Waals surface area contributed by atoms with Crippen molar-refractivity contribution < 1.29 is 14.3 Å². The molecular weight excluding hydrogens is 306 g/mol. The molecule has 1 N–H and O–H groups in total. The van der Waals surface area contributed by atoms with Crippen molar-refractivity contribution in [3.8, 4) is 0 Å². The van der Waals surface area contributed by atoms with Crippen LogP contribution in [0, 0.1) is 11.3 Å². The normalized spacial score (nSPS) is 26.7. The predicted octanol–water partition coefficient (Wildman–Crippen LogP) is 3.32. The molecule has 0 bridgehead atoms. The number of ether oxygens (including phenoxy) is 1. The molecule has 4 nitrogen and oxygen atoms in total. The fourth-order valence-electron chi connectivity index (χ4n) is 3.26. The summed E-state index contributed by atoms with van der Waals surface area (Å²) in [4.78, 5) is 4.18. The highest BCUT2D eigenvalue weighted by atomic mass is 28.3. The van der Waals surface area contributed by atoms with Crippen LogP contribution < -0.4 is 0 Å². The quantitative estimate of drug-likeness (QED) is 0.809. The fourth-order valence-corrected chi connectivity index (χ4v) is 4.46. The van der Waals surface area contributed by atoms with Crippen molar-refractivity contribution in [3.63, 3.8) is 0 Å². The summed E-state index contributed by atoms with van der Waals surface area (Å²) in [6.07, 6.45) is 5.24. The van der Waals surface area contributed by atoms with Crippen molar-refractivity contribution >= 4 is 9.04 Å². The van der Waals surface area contributed by atoms with Crippen LogP contribution in [-0.4, -0.2) is 37.9 Å². The Hall–Kier alpha value is -0.753. The average molecular weight is 338 g/mol. The van der Waals surface area contributed by atoms with Crippen molar-refractivity contribution in [1.82, 2.24) is 4.98 Å². The van der Waals surface area contributed by atoms with Crippen molar-refractivity contribution in [1.29, 1.82) is 0 Å². The maximum absolute atomic E-state index is 10.3. The summed E-state index contributed by atoms with van der Waals surface area (Å²) in [6.45, 7) is 11.5. The van der Waals surface area contributed by atoms with Crippen LogP contribution in [0.3, 0.4) is 0 Å². The Bertz CT molecular complexity index is 475. The minimum absolute atomic E-state index is 0.0596. The molecule has 1 fully saturated rings. The summed E-state index contributed by atoms with van der Waals surface area (Å²) >= 11 is 0. The SMILES string of the molecule is C[SiH](C)OC(CCC1C(O)COC1c1cccnc1)C(C)(C)C. The molecule has 1 saturated heterocycles. The van der Waals surface area contributed by atoms with E-state index in [1.54, 1.807) is 6.20 Å². The summed E-state index contributed by atoms with van der Waals surface area (Å²) in [5.41, 5.74) is 1.17. The second kappa shape index (κ2) is 7.88. The Labute approximate surface area is 142 Å². The number of aromatic nitrogens is 1. The summed E-state index contributed by atoms with van der Waals surface area (Å²) in [7, 11) is -1.09. The smallest absolute Gasteiger partial charge is 0.171 e. The highest BCUT2D eigenvalue weighted by Crippen LogP contribution is 2.39. The van der Waals surface area contributed by atoms with Gasteiger partial charge in [-0.15, -0.1) is 0 Å². The monoisotopic (exact) mass is 337 g/mol. The van der Waals surface area contributed by atoms with Gasteiger partial charge in [-0.2, -0.15) is 0 Å². The predicted molar refractivity (Wildman–Crippen MR) is 94.9 cm³/mol. The van der Waals surface area contributed by atoms with Crippen LogP contribution in [-0.2, 0) is 9.16 Å². The number of aliphatic hydroxyl groups excluding tert-OH is 1. The van der Waals surface area contributed by atoms with E-state index in [0.29, 0.717) is 6.61 Å². The summed E-state index contributed by atoms with van der Waals surface area (Å²) < 4.78 is 12.1. The van der Waals surface area contributed by atoms with Crippen LogP contribution in [0.4, 0.5) is 0 Å². The van der Waals surface area contributed by atoms with Gasteiger partial charge in [0.05, 0.1) is 18.8 Å². The maximum atomic E-state index is 10.3. The lowest BCUT2D eigenvalue weighted by atomic mass is 9.82. The molecule has 1 aromatic rings. The summed E-state index contributed by atoms with van der Waals surface area (Å²) in [5.74, 6) is 0.112. The topological polar surface area (TPSA) is 51.6 Å². The zero-order chi connectivity index (χ0) is 17.0. The number of rotatable bonds is 6. The van der Waals surface area contributed by atoms with Crippen molar-refractivity contribution in [2.24, 2.45) is 11.3 Å². The first-order valence-corrected chi connectivity index (χ1v) is 11.4. The van der Waals surface area contributed by atoms with Gasteiger partial charge >= 0.3 is 0 Å². The third-order valence-corrected chi connectivity index (χ3v) is 5.38. The Kier molecular flexibility index (Phi) is 6.37. The van der Waals surface area contributed by atoms with Gasteiger partial charge in [0.2, 0.25) is 0 Å². The molecule has 4 atom stereocenters. The number of nitrogens with zero attached hydrogens (tertiary/aromatic N) is 1. The fraction of sp³-hybridized carbons (Fsp3) is 0.722. The highest BCUT2D eigenvalue weighted by Gasteiger charge is 2.38. The van der Waals surface area contributed by atoms with Crippen LogP contribution in [0.1, 0.15) is 45.3 Å². The van der Waals surface area contributed by atoms with Crippen LogP contribution in [0.25, 0.3) is 0 Å². The molecule has 23 heavy (non-hydrogen) atoms. The average Bonchev–Trinajstić information content (AvgIpc) is 2.84. The summed E-state index contributed by atoms with van der Waals surface area (Å²) in [6, 6.07) is 3.95. The minimum Gasteiger partial charge on any atom is -0.417 e. The molecule has 5 heteroatoms. The van der Waals surface area contributed by atoms with Gasteiger partial charge in [-0.1, -0.05) is 26.8 Å². The first kappa shape index (κ1) is 18.6. The Morgan fingerprint density at radius 3 is 2.74 bits per heavy atom. The van der Waals surface area contributed by atoms with E-state index in [0.717, 1.165) is 18.4 Å². The lowest BCUT2D eigenvalue weighted by Gasteiger charge is -2.34. The van der Waals surface area contributed by atoms with Crippen molar-refractivity contribution in [3.05, 3.63) is 30.1 Å². The Balaban J connectivity index is 2.04. The van der Waals surface area contributed by atoms with Gasteiger partial charge in [-0.3, -0.25) is 4.98 Å².